The zero-order valence-corrected chi connectivity index (χ0v) is 10.3. The van der Waals surface area contributed by atoms with Crippen molar-refractivity contribution >= 4 is 11.7 Å². The van der Waals surface area contributed by atoms with E-state index in [1.807, 2.05) is 0 Å². The van der Waals surface area contributed by atoms with Crippen LogP contribution in [0.3, 0.4) is 0 Å². The quantitative estimate of drug-likeness (QED) is 0.746. The maximum absolute atomic E-state index is 11.6. The number of carbonyl (C=O) groups is 1. The van der Waals surface area contributed by atoms with Gasteiger partial charge in [-0.3, -0.25) is 0 Å². The van der Waals surface area contributed by atoms with Crippen molar-refractivity contribution in [2.75, 3.05) is 19.0 Å². The number of hydrogen-bond acceptors (Lipinski definition) is 3. The molecule has 2 amide bonds. The Morgan fingerprint density at radius 1 is 1.47 bits per heavy atom. The Labute approximate surface area is 101 Å². The van der Waals surface area contributed by atoms with Gasteiger partial charge in [0.25, 0.3) is 0 Å². The molecule has 0 unspecified atom stereocenters. The molecule has 0 aliphatic carbocycles. The Bertz CT molecular complexity index is 391. The lowest BCUT2D eigenvalue weighted by atomic mass is 10.1. The maximum Gasteiger partial charge on any atom is 0.319 e. The van der Waals surface area contributed by atoms with Gasteiger partial charge in [0.15, 0.2) is 0 Å². The molecule has 1 aromatic rings. The largest absolute Gasteiger partial charge is 0.497 e. The molecule has 5 nitrogen and oxygen atoms in total. The molecular formula is C12H18N2O3. The molecule has 0 saturated carbocycles. The summed E-state index contributed by atoms with van der Waals surface area (Å²) in [6.07, 6.45) is 0. The number of anilines is 1. The molecule has 0 saturated heterocycles. The SMILES string of the molecule is COc1cccc(NC(=O)NC(C)(C)CO)c1. The van der Waals surface area contributed by atoms with Gasteiger partial charge in [0, 0.05) is 11.8 Å². The van der Waals surface area contributed by atoms with Crippen LogP contribution >= 0.6 is 0 Å². The predicted molar refractivity (Wildman–Crippen MR) is 66.3 cm³/mol. The number of methoxy groups -OCH3 is 1. The fourth-order valence-corrected chi connectivity index (χ4v) is 1.21. The number of rotatable bonds is 4. The van der Waals surface area contributed by atoms with E-state index in [1.165, 1.54) is 0 Å². The van der Waals surface area contributed by atoms with Gasteiger partial charge in [0.1, 0.15) is 5.75 Å². The van der Waals surface area contributed by atoms with Gasteiger partial charge < -0.3 is 20.5 Å². The summed E-state index contributed by atoms with van der Waals surface area (Å²) in [6, 6.07) is 6.68. The van der Waals surface area contributed by atoms with E-state index in [0.29, 0.717) is 11.4 Å². The third kappa shape index (κ3) is 4.32. The summed E-state index contributed by atoms with van der Waals surface area (Å²) in [4.78, 5) is 11.6. The van der Waals surface area contributed by atoms with Crippen LogP contribution < -0.4 is 15.4 Å². The van der Waals surface area contributed by atoms with Crippen LogP contribution in [0.5, 0.6) is 5.75 Å². The zero-order valence-electron chi connectivity index (χ0n) is 10.3. The van der Waals surface area contributed by atoms with Gasteiger partial charge >= 0.3 is 6.03 Å². The van der Waals surface area contributed by atoms with Gasteiger partial charge in [0.05, 0.1) is 19.3 Å². The van der Waals surface area contributed by atoms with Crippen LogP contribution in [0, 0.1) is 0 Å². The van der Waals surface area contributed by atoms with Crippen molar-refractivity contribution < 1.29 is 14.6 Å². The Morgan fingerprint density at radius 2 is 2.18 bits per heavy atom. The van der Waals surface area contributed by atoms with Crippen LogP contribution in [0.25, 0.3) is 0 Å². The maximum atomic E-state index is 11.6. The van der Waals surface area contributed by atoms with Crippen LogP contribution in [0.2, 0.25) is 0 Å². The molecule has 0 fully saturated rings. The smallest absolute Gasteiger partial charge is 0.319 e. The van der Waals surface area contributed by atoms with Gasteiger partial charge in [-0.05, 0) is 26.0 Å². The molecule has 1 aromatic carbocycles. The number of aliphatic hydroxyl groups is 1. The second-order valence-corrected chi connectivity index (χ2v) is 4.35. The van der Waals surface area contributed by atoms with Gasteiger partial charge in [-0.2, -0.15) is 0 Å². The second kappa shape index (κ2) is 5.54. The monoisotopic (exact) mass is 238 g/mol. The molecular weight excluding hydrogens is 220 g/mol. The standard InChI is InChI=1S/C12H18N2O3/c1-12(2,8-15)14-11(16)13-9-5-4-6-10(7-9)17-3/h4-7,15H,8H2,1-3H3,(H2,13,14,16). The highest BCUT2D eigenvalue weighted by Gasteiger charge is 2.18. The van der Waals surface area contributed by atoms with E-state index in [9.17, 15) is 4.79 Å². The van der Waals surface area contributed by atoms with Crippen molar-refractivity contribution in [2.45, 2.75) is 19.4 Å². The summed E-state index contributed by atoms with van der Waals surface area (Å²) in [5, 5.41) is 14.3. The van der Waals surface area contributed by atoms with Crippen LogP contribution in [-0.4, -0.2) is 30.4 Å². The third-order valence-electron chi connectivity index (χ3n) is 2.17. The van der Waals surface area contributed by atoms with E-state index in [1.54, 1.807) is 45.2 Å². The average Bonchev–Trinajstić information content (AvgIpc) is 2.28. The van der Waals surface area contributed by atoms with Crippen molar-refractivity contribution in [1.29, 1.82) is 0 Å². The summed E-state index contributed by atoms with van der Waals surface area (Å²) in [5.41, 5.74) is -0.0150. The molecule has 0 aromatic heterocycles. The Morgan fingerprint density at radius 3 is 2.76 bits per heavy atom. The minimum absolute atomic E-state index is 0.126. The first-order chi connectivity index (χ1) is 7.96. The molecule has 0 radical (unpaired) electrons. The van der Waals surface area contributed by atoms with E-state index in [0.717, 1.165) is 0 Å². The van der Waals surface area contributed by atoms with Gasteiger partial charge in [-0.15, -0.1) is 0 Å². The van der Waals surface area contributed by atoms with Crippen molar-refractivity contribution in [3.8, 4) is 5.75 Å². The predicted octanol–water partition coefficient (Wildman–Crippen LogP) is 1.59. The molecule has 94 valence electrons. The van der Waals surface area contributed by atoms with Crippen LogP contribution in [-0.2, 0) is 0 Å². The lowest BCUT2D eigenvalue weighted by Crippen LogP contribution is -2.48. The molecule has 17 heavy (non-hydrogen) atoms. The first-order valence-corrected chi connectivity index (χ1v) is 5.31. The number of benzene rings is 1. The molecule has 5 heteroatoms. The number of amides is 2. The number of nitrogens with one attached hydrogen (secondary N) is 2. The minimum Gasteiger partial charge on any atom is -0.497 e. The molecule has 0 spiro atoms. The molecule has 1 rings (SSSR count). The van der Waals surface area contributed by atoms with E-state index >= 15 is 0 Å². The first kappa shape index (κ1) is 13.3. The number of hydrogen-bond donors (Lipinski definition) is 3. The summed E-state index contributed by atoms with van der Waals surface area (Å²) >= 11 is 0. The van der Waals surface area contributed by atoms with Crippen molar-refractivity contribution in [3.05, 3.63) is 24.3 Å². The topological polar surface area (TPSA) is 70.6 Å². The first-order valence-electron chi connectivity index (χ1n) is 5.31. The van der Waals surface area contributed by atoms with Gasteiger partial charge in [-0.1, -0.05) is 6.07 Å². The lowest BCUT2D eigenvalue weighted by Gasteiger charge is -2.23. The molecule has 3 N–H and O–H groups in total. The fourth-order valence-electron chi connectivity index (χ4n) is 1.21. The van der Waals surface area contributed by atoms with Crippen molar-refractivity contribution in [1.82, 2.24) is 5.32 Å². The van der Waals surface area contributed by atoms with Crippen molar-refractivity contribution in [3.63, 3.8) is 0 Å². The Balaban J connectivity index is 2.62. The van der Waals surface area contributed by atoms with Crippen LogP contribution in [0.4, 0.5) is 10.5 Å². The summed E-state index contributed by atoms with van der Waals surface area (Å²) < 4.78 is 5.05. The van der Waals surface area contributed by atoms with Gasteiger partial charge in [-0.25, -0.2) is 4.79 Å². The molecule has 0 aliphatic heterocycles. The lowest BCUT2D eigenvalue weighted by molar-refractivity contribution is 0.187. The number of urea groups is 1. The van der Waals surface area contributed by atoms with Gasteiger partial charge in [0.2, 0.25) is 0 Å². The molecule has 0 bridgehead atoms. The summed E-state index contributed by atoms with van der Waals surface area (Å²) in [6.45, 7) is 3.34. The summed E-state index contributed by atoms with van der Waals surface area (Å²) in [5.74, 6) is 0.671. The fraction of sp³-hybridized carbons (Fsp3) is 0.417. The van der Waals surface area contributed by atoms with E-state index in [4.69, 9.17) is 9.84 Å². The molecule has 0 atom stereocenters. The average molecular weight is 238 g/mol. The zero-order chi connectivity index (χ0) is 12.9. The van der Waals surface area contributed by atoms with Crippen LogP contribution in [0.1, 0.15) is 13.8 Å². The highest BCUT2D eigenvalue weighted by Crippen LogP contribution is 2.16. The van der Waals surface area contributed by atoms with E-state index in [2.05, 4.69) is 10.6 Å². The van der Waals surface area contributed by atoms with Crippen LogP contribution in [0.15, 0.2) is 24.3 Å². The molecule has 0 aliphatic rings. The number of aliphatic hydroxyl groups excluding tert-OH is 1. The Kier molecular flexibility index (Phi) is 4.34. The number of carbonyl (C=O) groups excluding carboxylic acids is 1. The normalized spacial score (nSPS) is 10.8. The van der Waals surface area contributed by atoms with Crippen molar-refractivity contribution in [2.24, 2.45) is 0 Å². The highest BCUT2D eigenvalue weighted by molar-refractivity contribution is 5.89. The molecule has 0 heterocycles. The minimum atomic E-state index is -0.650. The summed E-state index contributed by atoms with van der Waals surface area (Å²) in [7, 11) is 1.56. The highest BCUT2D eigenvalue weighted by atomic mass is 16.5. The second-order valence-electron chi connectivity index (χ2n) is 4.35. The number of ether oxygens (including phenoxy) is 1. The van der Waals surface area contributed by atoms with E-state index < -0.39 is 5.54 Å². The Hall–Kier alpha value is -1.75. The van der Waals surface area contributed by atoms with E-state index in [-0.39, 0.29) is 12.6 Å². The third-order valence-corrected chi connectivity index (χ3v) is 2.17.